The highest BCUT2D eigenvalue weighted by molar-refractivity contribution is 5.47. The van der Waals surface area contributed by atoms with E-state index in [4.69, 9.17) is 0 Å². The molecule has 0 N–H and O–H groups in total. The summed E-state index contributed by atoms with van der Waals surface area (Å²) in [5, 5.41) is 24.6. The van der Waals surface area contributed by atoms with Crippen LogP contribution in [0.2, 0.25) is 0 Å². The highest BCUT2D eigenvalue weighted by Crippen LogP contribution is 2.13. The van der Waals surface area contributed by atoms with E-state index in [9.17, 15) is 0 Å². The Morgan fingerprint density at radius 3 is 1.30 bits per heavy atom. The molecule has 37 heavy (non-hydrogen) atoms. The van der Waals surface area contributed by atoms with Crippen LogP contribution in [0.3, 0.4) is 0 Å². The second-order valence-electron chi connectivity index (χ2n) is 9.37. The molecule has 0 saturated heterocycles. The summed E-state index contributed by atoms with van der Waals surface area (Å²) in [6.45, 7) is 9.00. The van der Waals surface area contributed by atoms with E-state index in [0.717, 1.165) is 48.5 Å². The van der Waals surface area contributed by atoms with Crippen LogP contribution in [0.5, 0.6) is 0 Å². The van der Waals surface area contributed by atoms with Gasteiger partial charge in [-0.3, -0.25) is 0 Å². The molecule has 0 aliphatic rings. The number of hydrogen-bond donors (Lipinski definition) is 0. The maximum Gasteiger partial charge on any atom is 0.151 e. The highest BCUT2D eigenvalue weighted by atomic mass is 15.5. The topological polar surface area (TPSA) is 87.2 Å². The first-order chi connectivity index (χ1) is 18.2. The van der Waals surface area contributed by atoms with Gasteiger partial charge in [-0.05, 0) is 55.9 Å². The molecule has 192 valence electrons. The van der Waals surface area contributed by atoms with Gasteiger partial charge in [-0.2, -0.15) is 0 Å². The van der Waals surface area contributed by atoms with Crippen LogP contribution in [0.4, 0.5) is 0 Å². The minimum atomic E-state index is 0.699. The smallest absolute Gasteiger partial charge is 0.151 e. The van der Waals surface area contributed by atoms with Crippen molar-refractivity contribution in [2.75, 3.05) is 0 Å². The van der Waals surface area contributed by atoms with Crippen molar-refractivity contribution in [3.05, 3.63) is 95.6 Å². The van der Waals surface area contributed by atoms with Crippen LogP contribution in [0.25, 0.3) is 12.2 Å². The Morgan fingerprint density at radius 1 is 0.541 bits per heavy atom. The Hall–Kier alpha value is -3.94. The number of tetrazole rings is 2. The molecular weight excluding hydrogens is 460 g/mol. The molecule has 0 atom stereocenters. The maximum atomic E-state index is 4.23. The molecule has 0 saturated carbocycles. The summed E-state index contributed by atoms with van der Waals surface area (Å²) >= 11 is 0. The molecule has 0 bridgehead atoms. The van der Waals surface area contributed by atoms with Crippen molar-refractivity contribution in [1.29, 1.82) is 0 Å². The quantitative estimate of drug-likeness (QED) is 0.189. The van der Waals surface area contributed by atoms with E-state index < -0.39 is 0 Å². The molecule has 8 heteroatoms. The molecule has 0 radical (unpaired) electrons. The van der Waals surface area contributed by atoms with Gasteiger partial charge in [0.2, 0.25) is 0 Å². The van der Waals surface area contributed by atoms with Crippen molar-refractivity contribution in [3.8, 4) is 0 Å². The SMILES string of the molecule is C=Cc1ccc(Cn2nnnc2CCCCCCCCCc2nnnn2Cc2ccc(C=C)cc2)cc1. The molecule has 0 amide bonds. The number of benzene rings is 2. The monoisotopic (exact) mass is 496 g/mol. The van der Waals surface area contributed by atoms with Crippen molar-refractivity contribution in [3.63, 3.8) is 0 Å². The van der Waals surface area contributed by atoms with Gasteiger partial charge in [0.15, 0.2) is 11.6 Å². The average Bonchev–Trinajstić information content (AvgIpc) is 3.57. The van der Waals surface area contributed by atoms with Gasteiger partial charge in [-0.25, -0.2) is 9.36 Å². The standard InChI is InChI=1S/C29H36N8/c1-3-24-14-18-26(19-15-24)22-36-28(30-32-34-36)12-10-8-6-5-7-9-11-13-29-31-33-35-37(29)23-27-20-16-25(4-2)17-21-27/h3-4,14-21H,1-2,5-13,22-23H2. The van der Waals surface area contributed by atoms with E-state index in [-0.39, 0.29) is 0 Å². The average molecular weight is 497 g/mol. The highest BCUT2D eigenvalue weighted by Gasteiger charge is 2.08. The molecule has 2 heterocycles. The minimum Gasteiger partial charge on any atom is -0.225 e. The summed E-state index contributed by atoms with van der Waals surface area (Å²) < 4.78 is 3.82. The lowest BCUT2D eigenvalue weighted by Gasteiger charge is -2.06. The van der Waals surface area contributed by atoms with Gasteiger partial charge in [-0.15, -0.1) is 10.2 Å². The number of hydrogen-bond acceptors (Lipinski definition) is 6. The number of rotatable bonds is 16. The first-order valence-corrected chi connectivity index (χ1v) is 13.2. The fraction of sp³-hybridized carbons (Fsp3) is 0.379. The number of unbranched alkanes of at least 4 members (excludes halogenated alkanes) is 6. The summed E-state index contributed by atoms with van der Waals surface area (Å²) in [5.41, 5.74) is 4.62. The fourth-order valence-electron chi connectivity index (χ4n) is 4.36. The van der Waals surface area contributed by atoms with Gasteiger partial charge >= 0.3 is 0 Å². The molecular formula is C29H36N8. The first-order valence-electron chi connectivity index (χ1n) is 13.2. The minimum absolute atomic E-state index is 0.699. The number of aryl methyl sites for hydroxylation is 2. The second kappa shape index (κ2) is 14.0. The maximum absolute atomic E-state index is 4.23. The second-order valence-corrected chi connectivity index (χ2v) is 9.37. The van der Waals surface area contributed by atoms with Crippen molar-refractivity contribution in [2.45, 2.75) is 70.9 Å². The van der Waals surface area contributed by atoms with Crippen LogP contribution in [0.15, 0.2) is 61.7 Å². The zero-order valence-corrected chi connectivity index (χ0v) is 21.5. The van der Waals surface area contributed by atoms with E-state index in [0.29, 0.717) is 13.1 Å². The molecule has 8 nitrogen and oxygen atoms in total. The van der Waals surface area contributed by atoms with Gasteiger partial charge in [0.1, 0.15) is 0 Å². The normalized spacial score (nSPS) is 11.0. The third kappa shape index (κ3) is 8.03. The Morgan fingerprint density at radius 2 is 0.919 bits per heavy atom. The Balaban J connectivity index is 1.08. The van der Waals surface area contributed by atoms with Gasteiger partial charge < -0.3 is 0 Å². The van der Waals surface area contributed by atoms with Crippen LogP contribution < -0.4 is 0 Å². The molecule has 0 fully saturated rings. The zero-order chi connectivity index (χ0) is 25.7. The predicted octanol–water partition coefficient (Wildman–Crippen LogP) is 5.56. The van der Waals surface area contributed by atoms with Crippen molar-refractivity contribution in [1.82, 2.24) is 40.4 Å². The van der Waals surface area contributed by atoms with E-state index >= 15 is 0 Å². The molecule has 0 aliphatic carbocycles. The zero-order valence-electron chi connectivity index (χ0n) is 21.5. The van der Waals surface area contributed by atoms with Crippen LogP contribution in [0, 0.1) is 0 Å². The van der Waals surface area contributed by atoms with Crippen LogP contribution >= 0.6 is 0 Å². The van der Waals surface area contributed by atoms with E-state index in [1.54, 1.807) is 0 Å². The Labute approximate surface area is 219 Å². The number of nitrogens with zero attached hydrogens (tertiary/aromatic N) is 8. The van der Waals surface area contributed by atoms with E-state index in [1.165, 1.54) is 43.2 Å². The summed E-state index contributed by atoms with van der Waals surface area (Å²) in [4.78, 5) is 0. The third-order valence-corrected chi connectivity index (χ3v) is 6.61. The molecule has 0 unspecified atom stereocenters. The first kappa shape index (κ1) is 26.1. The molecule has 0 spiro atoms. The van der Waals surface area contributed by atoms with Gasteiger partial charge in [0.05, 0.1) is 13.1 Å². The summed E-state index contributed by atoms with van der Waals surface area (Å²) in [7, 11) is 0. The Kier molecular flexibility index (Phi) is 9.86. The molecule has 4 rings (SSSR count). The summed E-state index contributed by atoms with van der Waals surface area (Å²) in [6, 6.07) is 16.7. The third-order valence-electron chi connectivity index (χ3n) is 6.61. The van der Waals surface area contributed by atoms with E-state index in [1.807, 2.05) is 21.5 Å². The van der Waals surface area contributed by atoms with Crippen molar-refractivity contribution < 1.29 is 0 Å². The van der Waals surface area contributed by atoms with Gasteiger partial charge in [-0.1, -0.05) is 106 Å². The molecule has 2 aromatic carbocycles. The molecule has 4 aromatic rings. The lowest BCUT2D eigenvalue weighted by Crippen LogP contribution is -2.07. The lowest BCUT2D eigenvalue weighted by molar-refractivity contribution is 0.550. The largest absolute Gasteiger partial charge is 0.225 e. The molecule has 0 aliphatic heterocycles. The van der Waals surface area contributed by atoms with Crippen molar-refractivity contribution >= 4 is 12.2 Å². The van der Waals surface area contributed by atoms with Crippen LogP contribution in [0.1, 0.15) is 78.8 Å². The van der Waals surface area contributed by atoms with Crippen LogP contribution in [-0.2, 0) is 25.9 Å². The molecule has 2 aromatic heterocycles. The van der Waals surface area contributed by atoms with Crippen molar-refractivity contribution in [2.24, 2.45) is 0 Å². The van der Waals surface area contributed by atoms with Gasteiger partial charge in [0, 0.05) is 12.8 Å². The predicted molar refractivity (Wildman–Crippen MR) is 147 cm³/mol. The number of aromatic nitrogens is 8. The van der Waals surface area contributed by atoms with Gasteiger partial charge in [0.25, 0.3) is 0 Å². The fourth-order valence-corrected chi connectivity index (χ4v) is 4.36. The summed E-state index contributed by atoms with van der Waals surface area (Å²) in [5.74, 6) is 1.92. The van der Waals surface area contributed by atoms with Crippen LogP contribution in [-0.4, -0.2) is 40.4 Å². The summed E-state index contributed by atoms with van der Waals surface area (Å²) in [6.07, 6.45) is 13.9. The Bertz CT molecular complexity index is 1140. The lowest BCUT2D eigenvalue weighted by atomic mass is 10.1. The van der Waals surface area contributed by atoms with E-state index in [2.05, 4.69) is 92.7 Å².